The molecule has 1 N–H and O–H groups in total. The van der Waals surface area contributed by atoms with Crippen LogP contribution in [0.2, 0.25) is 0 Å². The van der Waals surface area contributed by atoms with Crippen molar-refractivity contribution in [3.8, 4) is 0 Å². The van der Waals surface area contributed by atoms with Gasteiger partial charge < -0.3 is 9.64 Å². The molecule has 0 aromatic carbocycles. The molecule has 122 valence electrons. The molecule has 0 spiro atoms. The van der Waals surface area contributed by atoms with E-state index in [1.807, 2.05) is 0 Å². The summed E-state index contributed by atoms with van der Waals surface area (Å²) < 4.78 is 28.3. The largest absolute Gasteiger partial charge is 0.385 e. The van der Waals surface area contributed by atoms with Crippen molar-refractivity contribution in [3.63, 3.8) is 0 Å². The van der Waals surface area contributed by atoms with Gasteiger partial charge in [0.15, 0.2) is 9.84 Å². The van der Waals surface area contributed by atoms with Crippen molar-refractivity contribution in [2.75, 3.05) is 37.1 Å². The first-order valence-corrected chi connectivity index (χ1v) is 9.02. The van der Waals surface area contributed by atoms with E-state index in [1.165, 1.54) is 0 Å². The number of amides is 2. The zero-order valence-corrected chi connectivity index (χ0v) is 13.4. The highest BCUT2D eigenvalue weighted by Crippen LogP contribution is 2.19. The van der Waals surface area contributed by atoms with Gasteiger partial charge in [-0.2, -0.15) is 0 Å². The molecular weight excluding hydrogens is 306 g/mol. The third kappa shape index (κ3) is 4.67. The van der Waals surface area contributed by atoms with Gasteiger partial charge in [-0.15, -0.1) is 0 Å². The van der Waals surface area contributed by atoms with Gasteiger partial charge in [0, 0.05) is 32.5 Å². The van der Waals surface area contributed by atoms with E-state index in [0.717, 1.165) is 0 Å². The van der Waals surface area contributed by atoms with Gasteiger partial charge in [0.1, 0.15) is 5.82 Å². The van der Waals surface area contributed by atoms with E-state index < -0.39 is 9.84 Å². The molecule has 0 saturated carbocycles. The van der Waals surface area contributed by atoms with Crippen molar-refractivity contribution in [1.29, 1.82) is 0 Å². The van der Waals surface area contributed by atoms with E-state index >= 15 is 0 Å². The van der Waals surface area contributed by atoms with E-state index in [9.17, 15) is 13.2 Å². The highest BCUT2D eigenvalue weighted by molar-refractivity contribution is 7.91. The van der Waals surface area contributed by atoms with Crippen LogP contribution < -0.4 is 5.32 Å². The second-order valence-corrected chi connectivity index (χ2v) is 7.47. The number of ether oxygens (including phenoxy) is 1. The highest BCUT2D eigenvalue weighted by Gasteiger charge is 2.34. The Labute approximate surface area is 130 Å². The lowest BCUT2D eigenvalue weighted by Crippen LogP contribution is -2.44. The molecule has 0 aliphatic carbocycles. The molecule has 1 aliphatic rings. The lowest BCUT2D eigenvalue weighted by atomic mass is 10.2. The van der Waals surface area contributed by atoms with Crippen LogP contribution in [-0.4, -0.2) is 62.1 Å². The molecule has 1 atom stereocenters. The second kappa shape index (κ2) is 7.55. The standard InChI is InChI=1S/C14H21N3O4S/c1-21-9-4-8-17(12-6-10-22(19,20)11-12)14(18)16-13-5-2-3-7-15-13/h2-3,5,7,12H,4,6,8-11H2,1H3,(H,15,16,18). The molecule has 1 saturated heterocycles. The number of carbonyl (C=O) groups excluding carboxylic acids is 1. The minimum atomic E-state index is -3.05. The lowest BCUT2D eigenvalue weighted by molar-refractivity contribution is 0.162. The predicted octanol–water partition coefficient (Wildman–Crippen LogP) is 1.14. The summed E-state index contributed by atoms with van der Waals surface area (Å²) in [7, 11) is -1.45. The fourth-order valence-electron chi connectivity index (χ4n) is 2.47. The van der Waals surface area contributed by atoms with Crippen LogP contribution in [0.15, 0.2) is 24.4 Å². The SMILES string of the molecule is COCCCN(C(=O)Nc1ccccn1)C1CCS(=O)(=O)C1. The Morgan fingerprint density at radius 1 is 1.50 bits per heavy atom. The Hall–Kier alpha value is -1.67. The number of hydrogen-bond donors (Lipinski definition) is 1. The fourth-order valence-corrected chi connectivity index (χ4v) is 4.20. The number of sulfone groups is 1. The summed E-state index contributed by atoms with van der Waals surface area (Å²) in [5.74, 6) is 0.607. The van der Waals surface area contributed by atoms with E-state index in [1.54, 1.807) is 36.4 Å². The molecule has 1 aromatic rings. The minimum absolute atomic E-state index is 0.0234. The van der Waals surface area contributed by atoms with Crippen LogP contribution in [-0.2, 0) is 14.6 Å². The molecule has 8 heteroatoms. The third-order valence-corrected chi connectivity index (χ3v) is 5.31. The molecule has 1 aromatic heterocycles. The van der Waals surface area contributed by atoms with Gasteiger partial charge in [-0.05, 0) is 25.0 Å². The van der Waals surface area contributed by atoms with Crippen LogP contribution in [0.3, 0.4) is 0 Å². The summed E-state index contributed by atoms with van der Waals surface area (Å²) in [6.07, 6.45) is 2.72. The molecule has 0 radical (unpaired) electrons. The summed E-state index contributed by atoms with van der Waals surface area (Å²) >= 11 is 0. The highest BCUT2D eigenvalue weighted by atomic mass is 32.2. The Morgan fingerprint density at radius 2 is 2.32 bits per heavy atom. The molecule has 1 fully saturated rings. The average Bonchev–Trinajstić information content (AvgIpc) is 2.84. The average molecular weight is 327 g/mol. The molecule has 2 amide bonds. The van der Waals surface area contributed by atoms with Gasteiger partial charge in [-0.3, -0.25) is 5.32 Å². The number of nitrogens with one attached hydrogen (secondary N) is 1. The van der Waals surface area contributed by atoms with Crippen LogP contribution in [0.25, 0.3) is 0 Å². The number of methoxy groups -OCH3 is 1. The molecule has 2 rings (SSSR count). The quantitative estimate of drug-likeness (QED) is 0.792. The van der Waals surface area contributed by atoms with Gasteiger partial charge in [-0.1, -0.05) is 6.07 Å². The summed E-state index contributed by atoms with van der Waals surface area (Å²) in [6.45, 7) is 0.972. The first-order chi connectivity index (χ1) is 10.5. The predicted molar refractivity (Wildman–Crippen MR) is 83.5 cm³/mol. The third-order valence-electron chi connectivity index (χ3n) is 3.56. The Kier molecular flexibility index (Phi) is 5.73. The zero-order chi connectivity index (χ0) is 16.0. The van der Waals surface area contributed by atoms with Crippen molar-refractivity contribution < 1.29 is 17.9 Å². The molecular formula is C14H21N3O4S. The molecule has 1 aliphatic heterocycles. The molecule has 1 unspecified atom stereocenters. The number of rotatable bonds is 6. The smallest absolute Gasteiger partial charge is 0.323 e. The molecule has 2 heterocycles. The molecule has 22 heavy (non-hydrogen) atoms. The monoisotopic (exact) mass is 327 g/mol. The van der Waals surface area contributed by atoms with Gasteiger partial charge in [0.05, 0.1) is 11.5 Å². The van der Waals surface area contributed by atoms with Crippen molar-refractivity contribution in [3.05, 3.63) is 24.4 Å². The summed E-state index contributed by atoms with van der Waals surface area (Å²) in [6, 6.07) is 4.62. The van der Waals surface area contributed by atoms with E-state index in [0.29, 0.717) is 31.8 Å². The Morgan fingerprint density at radius 3 is 2.91 bits per heavy atom. The zero-order valence-electron chi connectivity index (χ0n) is 12.6. The number of hydrogen-bond acceptors (Lipinski definition) is 5. The van der Waals surface area contributed by atoms with Crippen LogP contribution >= 0.6 is 0 Å². The fraction of sp³-hybridized carbons (Fsp3) is 0.571. The maximum Gasteiger partial charge on any atom is 0.323 e. The maximum absolute atomic E-state index is 12.4. The van der Waals surface area contributed by atoms with E-state index in [-0.39, 0.29) is 23.6 Å². The van der Waals surface area contributed by atoms with Crippen molar-refractivity contribution >= 4 is 21.7 Å². The minimum Gasteiger partial charge on any atom is -0.385 e. The van der Waals surface area contributed by atoms with Crippen molar-refractivity contribution in [2.45, 2.75) is 18.9 Å². The van der Waals surface area contributed by atoms with E-state index in [4.69, 9.17) is 4.74 Å². The summed E-state index contributed by atoms with van der Waals surface area (Å²) in [4.78, 5) is 18.1. The van der Waals surface area contributed by atoms with Gasteiger partial charge in [0.2, 0.25) is 0 Å². The van der Waals surface area contributed by atoms with Gasteiger partial charge in [-0.25, -0.2) is 18.2 Å². The van der Waals surface area contributed by atoms with Crippen LogP contribution in [0.4, 0.5) is 10.6 Å². The Bertz CT molecular complexity index is 591. The maximum atomic E-state index is 12.4. The first kappa shape index (κ1) is 16.7. The number of pyridine rings is 1. The first-order valence-electron chi connectivity index (χ1n) is 7.20. The number of aromatic nitrogens is 1. The van der Waals surface area contributed by atoms with Crippen LogP contribution in [0.1, 0.15) is 12.8 Å². The van der Waals surface area contributed by atoms with Gasteiger partial charge >= 0.3 is 6.03 Å². The second-order valence-electron chi connectivity index (χ2n) is 5.24. The van der Waals surface area contributed by atoms with Crippen LogP contribution in [0.5, 0.6) is 0 Å². The number of carbonyl (C=O) groups is 1. The Balaban J connectivity index is 2.04. The van der Waals surface area contributed by atoms with E-state index in [2.05, 4.69) is 10.3 Å². The van der Waals surface area contributed by atoms with Gasteiger partial charge in [0.25, 0.3) is 0 Å². The normalized spacial score (nSPS) is 19.8. The van der Waals surface area contributed by atoms with Crippen molar-refractivity contribution in [1.82, 2.24) is 9.88 Å². The lowest BCUT2D eigenvalue weighted by Gasteiger charge is -2.28. The number of anilines is 1. The number of nitrogens with zero attached hydrogens (tertiary/aromatic N) is 2. The summed E-state index contributed by atoms with van der Waals surface area (Å²) in [5, 5.41) is 2.71. The van der Waals surface area contributed by atoms with Crippen LogP contribution in [0, 0.1) is 0 Å². The number of urea groups is 1. The molecule has 7 nitrogen and oxygen atoms in total. The topological polar surface area (TPSA) is 88.6 Å². The molecule has 0 bridgehead atoms. The summed E-state index contributed by atoms with van der Waals surface area (Å²) in [5.41, 5.74) is 0. The van der Waals surface area contributed by atoms with Crippen molar-refractivity contribution in [2.24, 2.45) is 0 Å².